The third-order valence-corrected chi connectivity index (χ3v) is 4.84. The van der Waals surface area contributed by atoms with Gasteiger partial charge in [0.15, 0.2) is 0 Å². The molecule has 3 rings (SSSR count). The van der Waals surface area contributed by atoms with Gasteiger partial charge in [0.25, 0.3) is 0 Å². The molecule has 2 aromatic rings. The fraction of sp³-hybridized carbons (Fsp3) is 0.381. The van der Waals surface area contributed by atoms with Crippen molar-refractivity contribution >= 4 is 17.6 Å². The second-order valence-electron chi connectivity index (χ2n) is 7.04. The summed E-state index contributed by atoms with van der Waals surface area (Å²) in [6.07, 6.45) is 2.56. The van der Waals surface area contributed by atoms with Crippen molar-refractivity contribution in [2.24, 2.45) is 5.92 Å². The van der Waals surface area contributed by atoms with E-state index < -0.39 is 0 Å². The SMILES string of the molecule is Cc1ccnc(NCCNC(=O)[C@@H]2CCC(=O)N(Cc3ccccc3F)C2)c1. The molecule has 1 aliphatic rings. The Labute approximate surface area is 164 Å². The van der Waals surface area contributed by atoms with Crippen molar-refractivity contribution in [3.63, 3.8) is 0 Å². The maximum Gasteiger partial charge on any atom is 0.224 e. The van der Waals surface area contributed by atoms with Crippen LogP contribution in [0.4, 0.5) is 10.2 Å². The monoisotopic (exact) mass is 384 g/mol. The van der Waals surface area contributed by atoms with Crippen LogP contribution in [0.1, 0.15) is 24.0 Å². The van der Waals surface area contributed by atoms with E-state index >= 15 is 0 Å². The second-order valence-corrected chi connectivity index (χ2v) is 7.04. The first-order valence-electron chi connectivity index (χ1n) is 9.48. The third kappa shape index (κ3) is 5.28. The summed E-state index contributed by atoms with van der Waals surface area (Å²) in [4.78, 5) is 30.4. The van der Waals surface area contributed by atoms with Crippen molar-refractivity contribution in [3.8, 4) is 0 Å². The number of hydrogen-bond acceptors (Lipinski definition) is 4. The quantitative estimate of drug-likeness (QED) is 0.720. The molecule has 1 saturated heterocycles. The Bertz CT molecular complexity index is 843. The summed E-state index contributed by atoms with van der Waals surface area (Å²) in [6, 6.07) is 10.3. The normalized spacial score (nSPS) is 16.7. The fourth-order valence-electron chi connectivity index (χ4n) is 3.27. The van der Waals surface area contributed by atoms with Crippen LogP contribution in [0.15, 0.2) is 42.6 Å². The lowest BCUT2D eigenvalue weighted by molar-refractivity contribution is -0.138. The minimum absolute atomic E-state index is 0.0421. The predicted octanol–water partition coefficient (Wildman–Crippen LogP) is 2.50. The zero-order valence-corrected chi connectivity index (χ0v) is 16.0. The highest BCUT2D eigenvalue weighted by atomic mass is 19.1. The minimum atomic E-state index is -0.335. The molecule has 6 nitrogen and oxygen atoms in total. The van der Waals surface area contributed by atoms with Gasteiger partial charge in [0.2, 0.25) is 11.8 Å². The number of hydrogen-bond donors (Lipinski definition) is 2. The molecule has 1 aromatic carbocycles. The van der Waals surface area contributed by atoms with Crippen LogP contribution in [0.3, 0.4) is 0 Å². The summed E-state index contributed by atoms with van der Waals surface area (Å²) in [5.41, 5.74) is 1.58. The van der Waals surface area contributed by atoms with Crippen LogP contribution in [0.25, 0.3) is 0 Å². The molecule has 0 unspecified atom stereocenters. The summed E-state index contributed by atoms with van der Waals surface area (Å²) < 4.78 is 13.9. The average Bonchev–Trinajstić information content (AvgIpc) is 2.68. The van der Waals surface area contributed by atoms with Gasteiger partial charge in [-0.2, -0.15) is 0 Å². The van der Waals surface area contributed by atoms with Crippen molar-refractivity contribution in [2.45, 2.75) is 26.3 Å². The molecule has 148 valence electrons. The largest absolute Gasteiger partial charge is 0.368 e. The van der Waals surface area contributed by atoms with Gasteiger partial charge in [-0.3, -0.25) is 9.59 Å². The van der Waals surface area contributed by atoms with E-state index in [0.29, 0.717) is 38.0 Å². The minimum Gasteiger partial charge on any atom is -0.368 e. The maximum atomic E-state index is 13.9. The van der Waals surface area contributed by atoms with Gasteiger partial charge in [-0.05, 0) is 37.1 Å². The Kier molecular flexibility index (Phi) is 6.57. The zero-order valence-electron chi connectivity index (χ0n) is 16.0. The lowest BCUT2D eigenvalue weighted by atomic mass is 9.96. The molecule has 7 heteroatoms. The number of halogens is 1. The van der Waals surface area contributed by atoms with Crippen LogP contribution in [-0.4, -0.2) is 41.3 Å². The number of pyridine rings is 1. The Hall–Kier alpha value is -2.96. The lowest BCUT2D eigenvalue weighted by Gasteiger charge is -2.32. The Morgan fingerprint density at radius 1 is 1.29 bits per heavy atom. The van der Waals surface area contributed by atoms with Gasteiger partial charge in [-0.25, -0.2) is 9.37 Å². The van der Waals surface area contributed by atoms with Gasteiger partial charge < -0.3 is 15.5 Å². The Balaban J connectivity index is 1.47. The van der Waals surface area contributed by atoms with Crippen LogP contribution in [-0.2, 0) is 16.1 Å². The maximum absolute atomic E-state index is 13.9. The highest BCUT2D eigenvalue weighted by molar-refractivity contribution is 5.83. The van der Waals surface area contributed by atoms with Gasteiger partial charge in [-0.15, -0.1) is 0 Å². The molecule has 0 bridgehead atoms. The molecule has 1 aliphatic heterocycles. The molecule has 2 N–H and O–H groups in total. The van der Waals surface area contributed by atoms with Gasteiger partial charge in [-0.1, -0.05) is 18.2 Å². The Morgan fingerprint density at radius 3 is 2.89 bits per heavy atom. The van der Waals surface area contributed by atoms with Gasteiger partial charge in [0.05, 0.1) is 5.92 Å². The number of aryl methyl sites for hydroxylation is 1. The van der Waals surface area contributed by atoms with Crippen LogP contribution in [0.5, 0.6) is 0 Å². The number of likely N-dealkylation sites (tertiary alicyclic amines) is 1. The smallest absolute Gasteiger partial charge is 0.224 e. The first-order chi connectivity index (χ1) is 13.5. The summed E-state index contributed by atoms with van der Waals surface area (Å²) >= 11 is 0. The first-order valence-corrected chi connectivity index (χ1v) is 9.48. The number of benzene rings is 1. The molecule has 1 fully saturated rings. The lowest BCUT2D eigenvalue weighted by Crippen LogP contribution is -2.46. The molecule has 1 atom stereocenters. The highest BCUT2D eigenvalue weighted by Gasteiger charge is 2.30. The number of nitrogens with one attached hydrogen (secondary N) is 2. The highest BCUT2D eigenvalue weighted by Crippen LogP contribution is 2.21. The molecule has 2 amide bonds. The first kappa shape index (κ1) is 19.8. The number of nitrogens with zero attached hydrogens (tertiary/aromatic N) is 2. The van der Waals surface area contributed by atoms with E-state index in [1.807, 2.05) is 19.1 Å². The average molecular weight is 384 g/mol. The topological polar surface area (TPSA) is 74.3 Å². The van der Waals surface area contributed by atoms with E-state index in [4.69, 9.17) is 0 Å². The molecular formula is C21H25FN4O2. The third-order valence-electron chi connectivity index (χ3n) is 4.84. The molecule has 28 heavy (non-hydrogen) atoms. The van der Waals surface area contributed by atoms with Crippen LogP contribution in [0, 0.1) is 18.7 Å². The van der Waals surface area contributed by atoms with E-state index in [-0.39, 0.29) is 30.1 Å². The van der Waals surface area contributed by atoms with Crippen LogP contribution < -0.4 is 10.6 Å². The number of piperidine rings is 1. The number of aromatic nitrogens is 1. The summed E-state index contributed by atoms with van der Waals surface area (Å²) in [6.45, 7) is 3.52. The number of carbonyl (C=O) groups is 2. The molecule has 0 saturated carbocycles. The Morgan fingerprint density at radius 2 is 2.11 bits per heavy atom. The molecule has 0 spiro atoms. The van der Waals surface area contributed by atoms with Gasteiger partial charge in [0.1, 0.15) is 11.6 Å². The van der Waals surface area contributed by atoms with Crippen molar-refractivity contribution in [3.05, 3.63) is 59.5 Å². The standard InChI is InChI=1S/C21H25FN4O2/c1-15-8-9-23-19(12-15)24-10-11-25-21(28)17-6-7-20(27)26(14-17)13-16-4-2-3-5-18(16)22/h2-5,8-9,12,17H,6-7,10-11,13-14H2,1H3,(H,23,24)(H,25,28)/t17-/m1/s1. The van der Waals surface area contributed by atoms with E-state index in [1.54, 1.807) is 29.3 Å². The van der Waals surface area contributed by atoms with E-state index in [2.05, 4.69) is 15.6 Å². The van der Waals surface area contributed by atoms with Crippen molar-refractivity contribution < 1.29 is 14.0 Å². The molecular weight excluding hydrogens is 359 g/mol. The molecule has 1 aromatic heterocycles. The van der Waals surface area contributed by atoms with Crippen LogP contribution >= 0.6 is 0 Å². The van der Waals surface area contributed by atoms with Gasteiger partial charge in [0, 0.05) is 44.4 Å². The van der Waals surface area contributed by atoms with E-state index in [1.165, 1.54) is 6.07 Å². The number of rotatable bonds is 7. The number of amides is 2. The number of anilines is 1. The molecule has 2 heterocycles. The summed E-state index contributed by atoms with van der Waals surface area (Å²) in [5, 5.41) is 6.07. The fourth-order valence-corrected chi connectivity index (χ4v) is 3.27. The van der Waals surface area contributed by atoms with Crippen molar-refractivity contribution in [1.82, 2.24) is 15.2 Å². The van der Waals surface area contributed by atoms with Gasteiger partial charge >= 0.3 is 0 Å². The van der Waals surface area contributed by atoms with Crippen molar-refractivity contribution in [1.29, 1.82) is 0 Å². The van der Waals surface area contributed by atoms with Crippen molar-refractivity contribution in [2.75, 3.05) is 25.0 Å². The van der Waals surface area contributed by atoms with E-state index in [0.717, 1.165) is 11.4 Å². The summed E-state index contributed by atoms with van der Waals surface area (Å²) in [7, 11) is 0. The van der Waals surface area contributed by atoms with E-state index in [9.17, 15) is 14.0 Å². The zero-order chi connectivity index (χ0) is 19.9. The predicted molar refractivity (Wildman–Crippen MR) is 105 cm³/mol. The van der Waals surface area contributed by atoms with Crippen LogP contribution in [0.2, 0.25) is 0 Å². The molecule has 0 radical (unpaired) electrons. The summed E-state index contributed by atoms with van der Waals surface area (Å²) in [5.74, 6) is 0.0392. The molecule has 0 aliphatic carbocycles. The number of carbonyl (C=O) groups excluding carboxylic acids is 2. The second kappa shape index (κ2) is 9.30.